The predicted molar refractivity (Wildman–Crippen MR) is 120 cm³/mol. The molecule has 7 heteroatoms. The Labute approximate surface area is 221 Å². The van der Waals surface area contributed by atoms with Gasteiger partial charge in [0.05, 0.1) is 11.9 Å². The fourth-order valence-electron chi connectivity index (χ4n) is 2.68. The zero-order chi connectivity index (χ0) is 22.8. The molecule has 0 saturated heterocycles. The van der Waals surface area contributed by atoms with E-state index in [0.29, 0.717) is 11.5 Å². The molecule has 4 rings (SSSR count). The van der Waals surface area contributed by atoms with Gasteiger partial charge in [-0.25, -0.2) is 0 Å². The first-order chi connectivity index (χ1) is 15.5. The number of ether oxygens (including phenoxy) is 2. The normalized spacial score (nSPS) is 9.45. The number of carbonyl (C=O) groups is 2. The molecule has 0 N–H and O–H groups in total. The fraction of sp³-hybridized carbons (Fsp3) is 0. The molecule has 0 heterocycles. The third kappa shape index (κ3) is 7.95. The van der Waals surface area contributed by atoms with Crippen LogP contribution < -0.4 is 19.7 Å². The maximum atomic E-state index is 10.8. The standard InChI is InChI=1S/2C13H10O3.Ca/c2*14-13(15)11-8-4-5-9-12(11)16-10-6-2-1-3-7-10;/h2*1-9H,(H,14,15);/q;;+2/p-2. The van der Waals surface area contributed by atoms with Crippen molar-refractivity contribution in [3.05, 3.63) is 120 Å². The van der Waals surface area contributed by atoms with Crippen LogP contribution in [0.4, 0.5) is 0 Å². The van der Waals surface area contributed by atoms with Crippen molar-refractivity contribution in [3.8, 4) is 23.0 Å². The zero-order valence-corrected chi connectivity index (χ0v) is 19.8. The van der Waals surface area contributed by atoms with Crippen LogP contribution in [0.25, 0.3) is 0 Å². The van der Waals surface area contributed by atoms with Gasteiger partial charge in [0, 0.05) is 11.1 Å². The van der Waals surface area contributed by atoms with Crippen molar-refractivity contribution < 1.29 is 29.3 Å². The summed E-state index contributed by atoms with van der Waals surface area (Å²) in [4.78, 5) is 21.6. The smallest absolute Gasteiger partial charge is 0.545 e. The first-order valence-corrected chi connectivity index (χ1v) is 9.61. The van der Waals surface area contributed by atoms with Gasteiger partial charge in [0.2, 0.25) is 0 Å². The number of benzene rings is 4. The molecule has 6 nitrogen and oxygen atoms in total. The molecule has 0 aliphatic carbocycles. The molecule has 4 aromatic carbocycles. The Bertz CT molecular complexity index is 1080. The van der Waals surface area contributed by atoms with Gasteiger partial charge in [-0.3, -0.25) is 0 Å². The summed E-state index contributed by atoms with van der Waals surface area (Å²) < 4.78 is 10.9. The summed E-state index contributed by atoms with van der Waals surface area (Å²) in [5.74, 6) is -0.729. The molecule has 0 amide bonds. The van der Waals surface area contributed by atoms with Crippen LogP contribution in [-0.2, 0) is 0 Å². The maximum absolute atomic E-state index is 10.8. The predicted octanol–water partition coefficient (Wildman–Crippen LogP) is 3.30. The van der Waals surface area contributed by atoms with Gasteiger partial charge in [-0.2, -0.15) is 0 Å². The average Bonchev–Trinajstić information content (AvgIpc) is 2.81. The van der Waals surface area contributed by atoms with Crippen LogP contribution in [0.3, 0.4) is 0 Å². The van der Waals surface area contributed by atoms with E-state index >= 15 is 0 Å². The van der Waals surface area contributed by atoms with Gasteiger partial charge in [0.15, 0.2) is 0 Å². The van der Waals surface area contributed by atoms with E-state index < -0.39 is 11.9 Å². The number of carboxylic acids is 2. The molecule has 33 heavy (non-hydrogen) atoms. The first kappa shape index (κ1) is 25.9. The molecule has 0 fully saturated rings. The Hall–Kier alpha value is -3.32. The van der Waals surface area contributed by atoms with Crippen molar-refractivity contribution in [2.75, 3.05) is 0 Å². The molecule has 0 atom stereocenters. The summed E-state index contributed by atoms with van der Waals surface area (Å²) in [5, 5.41) is 21.6. The second-order valence-corrected chi connectivity index (χ2v) is 6.40. The molecule has 0 radical (unpaired) electrons. The molecule has 0 bridgehead atoms. The summed E-state index contributed by atoms with van der Waals surface area (Å²) in [6, 6.07) is 30.8. The molecule has 0 aliphatic rings. The van der Waals surface area contributed by atoms with E-state index in [9.17, 15) is 19.8 Å². The van der Waals surface area contributed by atoms with E-state index in [-0.39, 0.29) is 60.4 Å². The Morgan fingerprint density at radius 3 is 1.12 bits per heavy atom. The van der Waals surface area contributed by atoms with Crippen molar-refractivity contribution in [1.29, 1.82) is 0 Å². The molecule has 0 aliphatic heterocycles. The van der Waals surface area contributed by atoms with E-state index in [2.05, 4.69) is 0 Å². The maximum Gasteiger partial charge on any atom is 2.00 e. The van der Waals surface area contributed by atoms with Crippen LogP contribution in [0.2, 0.25) is 0 Å². The van der Waals surface area contributed by atoms with Crippen molar-refractivity contribution in [2.45, 2.75) is 0 Å². The Morgan fingerprint density at radius 2 is 0.788 bits per heavy atom. The monoisotopic (exact) mass is 466 g/mol. The second kappa shape index (κ2) is 13.3. The quantitative estimate of drug-likeness (QED) is 0.405. The van der Waals surface area contributed by atoms with Gasteiger partial charge >= 0.3 is 37.7 Å². The third-order valence-corrected chi connectivity index (χ3v) is 4.16. The summed E-state index contributed by atoms with van der Waals surface area (Å²) in [7, 11) is 0. The van der Waals surface area contributed by atoms with Crippen molar-refractivity contribution in [2.24, 2.45) is 0 Å². The molecule has 4 aromatic rings. The molecule has 0 aromatic heterocycles. The van der Waals surface area contributed by atoms with Gasteiger partial charge in [0.25, 0.3) is 0 Å². The first-order valence-electron chi connectivity index (χ1n) is 9.61. The molecule has 160 valence electrons. The third-order valence-electron chi connectivity index (χ3n) is 4.16. The van der Waals surface area contributed by atoms with E-state index in [4.69, 9.17) is 9.47 Å². The van der Waals surface area contributed by atoms with Crippen LogP contribution in [0, 0.1) is 0 Å². The number of aromatic carboxylic acids is 2. The SMILES string of the molecule is O=C([O-])c1ccccc1Oc1ccccc1.O=C([O-])c1ccccc1Oc1ccccc1.[Ca+2]. The number of hydrogen-bond donors (Lipinski definition) is 0. The largest absolute Gasteiger partial charge is 2.00 e. The summed E-state index contributed by atoms with van der Waals surface area (Å²) >= 11 is 0. The van der Waals surface area contributed by atoms with Crippen LogP contribution in [0.15, 0.2) is 109 Å². The minimum atomic E-state index is -1.24. The number of carboxylic acid groups (broad SMARTS) is 2. The van der Waals surface area contributed by atoms with Gasteiger partial charge in [0.1, 0.15) is 23.0 Å². The molecule has 0 saturated carbocycles. The molecular weight excluding hydrogens is 448 g/mol. The van der Waals surface area contributed by atoms with Crippen molar-refractivity contribution in [1.82, 2.24) is 0 Å². The van der Waals surface area contributed by atoms with E-state index in [0.717, 1.165) is 0 Å². The minimum Gasteiger partial charge on any atom is -0.545 e. The Morgan fingerprint density at radius 1 is 0.485 bits per heavy atom. The van der Waals surface area contributed by atoms with Crippen molar-refractivity contribution in [3.63, 3.8) is 0 Å². The molecule has 0 unspecified atom stereocenters. The van der Waals surface area contributed by atoms with Gasteiger partial charge in [-0.05, 0) is 48.5 Å². The van der Waals surface area contributed by atoms with Gasteiger partial charge in [-0.15, -0.1) is 0 Å². The summed E-state index contributed by atoms with van der Waals surface area (Å²) in [6.07, 6.45) is 0. The average molecular weight is 467 g/mol. The Kier molecular flexibility index (Phi) is 10.4. The van der Waals surface area contributed by atoms with Crippen LogP contribution >= 0.6 is 0 Å². The fourth-order valence-corrected chi connectivity index (χ4v) is 2.68. The van der Waals surface area contributed by atoms with Crippen LogP contribution in [-0.4, -0.2) is 49.7 Å². The minimum absolute atomic E-state index is 0. The summed E-state index contributed by atoms with van der Waals surface area (Å²) in [5.41, 5.74) is 0.0951. The van der Waals surface area contributed by atoms with Crippen LogP contribution in [0.1, 0.15) is 20.7 Å². The van der Waals surface area contributed by atoms with Gasteiger partial charge in [-0.1, -0.05) is 60.7 Å². The van der Waals surface area contributed by atoms with E-state index in [1.165, 1.54) is 12.1 Å². The number of para-hydroxylation sites is 4. The second-order valence-electron chi connectivity index (χ2n) is 6.40. The van der Waals surface area contributed by atoms with Crippen molar-refractivity contribution >= 4 is 49.7 Å². The topological polar surface area (TPSA) is 98.7 Å². The number of carbonyl (C=O) groups excluding carboxylic acids is 2. The Balaban J connectivity index is 0.000000227. The summed E-state index contributed by atoms with van der Waals surface area (Å²) in [6.45, 7) is 0. The number of rotatable bonds is 6. The van der Waals surface area contributed by atoms with Gasteiger partial charge < -0.3 is 29.3 Å². The molecule has 0 spiro atoms. The van der Waals surface area contributed by atoms with E-state index in [1.807, 2.05) is 36.4 Å². The zero-order valence-electron chi connectivity index (χ0n) is 17.5. The van der Waals surface area contributed by atoms with Crippen LogP contribution in [0.5, 0.6) is 23.0 Å². The number of hydrogen-bond acceptors (Lipinski definition) is 6. The van der Waals surface area contributed by atoms with E-state index in [1.54, 1.807) is 60.7 Å². The molecular formula is C26H18CaO6.